The van der Waals surface area contributed by atoms with Gasteiger partial charge in [0.25, 0.3) is 5.91 Å². The van der Waals surface area contributed by atoms with Crippen molar-refractivity contribution >= 4 is 11.7 Å². The molecular weight excluding hydrogens is 232 g/mol. The first-order chi connectivity index (χ1) is 8.70. The quantitative estimate of drug-likeness (QED) is 0.601. The van der Waals surface area contributed by atoms with Crippen molar-refractivity contribution in [3.8, 4) is 5.75 Å². The summed E-state index contributed by atoms with van der Waals surface area (Å²) >= 11 is 0. The summed E-state index contributed by atoms with van der Waals surface area (Å²) in [4.78, 5) is 23.4. The first-order valence-electron chi connectivity index (χ1n) is 5.63. The summed E-state index contributed by atoms with van der Waals surface area (Å²) in [5.74, 6) is 0.230. The van der Waals surface area contributed by atoms with E-state index in [-0.39, 0.29) is 11.7 Å². The third-order valence-corrected chi connectivity index (χ3v) is 2.62. The number of allylic oxidation sites excluding steroid dienone is 1. The molecule has 0 radical (unpaired) electrons. The van der Waals surface area contributed by atoms with Crippen LogP contribution in [0.1, 0.15) is 10.4 Å². The Bertz CT molecular complexity index is 491. The van der Waals surface area contributed by atoms with E-state index in [0.29, 0.717) is 30.1 Å². The summed E-state index contributed by atoms with van der Waals surface area (Å²) in [7, 11) is 1.56. The number of ether oxygens (including phenoxy) is 1. The highest BCUT2D eigenvalue weighted by Gasteiger charge is 2.15. The first kappa shape index (κ1) is 12.2. The van der Waals surface area contributed by atoms with E-state index in [1.165, 1.54) is 6.08 Å². The minimum absolute atomic E-state index is 0.211. The molecule has 0 aromatic heterocycles. The van der Waals surface area contributed by atoms with Crippen LogP contribution in [0.5, 0.6) is 5.75 Å². The lowest BCUT2D eigenvalue weighted by Crippen LogP contribution is -2.43. The van der Waals surface area contributed by atoms with Gasteiger partial charge in [0.2, 0.25) is 0 Å². The summed E-state index contributed by atoms with van der Waals surface area (Å²) in [6.45, 7) is 1.21. The topological polar surface area (TPSA) is 67.4 Å². The molecule has 1 fully saturated rings. The van der Waals surface area contributed by atoms with Crippen molar-refractivity contribution < 1.29 is 14.3 Å². The molecule has 5 heteroatoms. The molecular formula is C13H14N2O3. The van der Waals surface area contributed by atoms with Gasteiger partial charge in [-0.15, -0.1) is 0 Å². The molecule has 5 nitrogen and oxygen atoms in total. The van der Waals surface area contributed by atoms with Crippen LogP contribution in [-0.4, -0.2) is 31.9 Å². The number of amides is 1. The van der Waals surface area contributed by atoms with Gasteiger partial charge in [0, 0.05) is 24.7 Å². The number of hydrogen-bond acceptors (Lipinski definition) is 4. The molecule has 1 amide bonds. The normalized spacial score (nSPS) is 16.9. The number of carbonyl (C=O) groups excluding carboxylic acids is 2. The summed E-state index contributed by atoms with van der Waals surface area (Å²) in [6, 6.07) is 6.75. The second kappa shape index (κ2) is 5.35. The highest BCUT2D eigenvalue weighted by molar-refractivity contribution is 6.09. The van der Waals surface area contributed by atoms with Crippen molar-refractivity contribution in [1.29, 1.82) is 0 Å². The van der Waals surface area contributed by atoms with Crippen LogP contribution in [0.15, 0.2) is 36.0 Å². The minimum atomic E-state index is -0.247. The Morgan fingerprint density at radius 1 is 1.22 bits per heavy atom. The maximum Gasteiger partial charge on any atom is 0.267 e. The Morgan fingerprint density at radius 3 is 2.50 bits per heavy atom. The molecule has 0 spiro atoms. The van der Waals surface area contributed by atoms with Crippen molar-refractivity contribution in [2.45, 2.75) is 0 Å². The fraction of sp³-hybridized carbons (Fsp3) is 0.231. The average molecular weight is 246 g/mol. The molecule has 2 N–H and O–H groups in total. The molecule has 1 aromatic carbocycles. The lowest BCUT2D eigenvalue weighted by atomic mass is 10.1. The predicted octanol–water partition coefficient (Wildman–Crippen LogP) is 0.481. The van der Waals surface area contributed by atoms with Crippen molar-refractivity contribution in [2.24, 2.45) is 0 Å². The fourth-order valence-electron chi connectivity index (χ4n) is 1.63. The number of methoxy groups -OCH3 is 1. The van der Waals surface area contributed by atoms with Crippen molar-refractivity contribution in [1.82, 2.24) is 10.6 Å². The van der Waals surface area contributed by atoms with Gasteiger partial charge in [-0.25, -0.2) is 0 Å². The molecule has 94 valence electrons. The number of benzene rings is 1. The highest BCUT2D eigenvalue weighted by Crippen LogP contribution is 2.12. The van der Waals surface area contributed by atoms with Gasteiger partial charge in [0.1, 0.15) is 11.4 Å². The van der Waals surface area contributed by atoms with E-state index < -0.39 is 0 Å². The lowest BCUT2D eigenvalue weighted by Gasteiger charge is -2.16. The molecule has 18 heavy (non-hydrogen) atoms. The Kier molecular flexibility index (Phi) is 3.62. The van der Waals surface area contributed by atoms with E-state index in [0.717, 1.165) is 0 Å². The summed E-state index contributed by atoms with van der Waals surface area (Å²) in [6.07, 6.45) is 1.32. The van der Waals surface area contributed by atoms with Gasteiger partial charge in [0.05, 0.1) is 7.11 Å². The van der Waals surface area contributed by atoms with Gasteiger partial charge in [-0.1, -0.05) is 0 Å². The zero-order valence-electron chi connectivity index (χ0n) is 10.0. The van der Waals surface area contributed by atoms with Crippen LogP contribution in [0, 0.1) is 0 Å². The Morgan fingerprint density at radius 2 is 1.89 bits per heavy atom. The van der Waals surface area contributed by atoms with Crippen LogP contribution in [0.3, 0.4) is 0 Å². The maximum atomic E-state index is 11.9. The smallest absolute Gasteiger partial charge is 0.267 e. The number of carbonyl (C=O) groups is 2. The maximum absolute atomic E-state index is 11.9. The monoisotopic (exact) mass is 246 g/mol. The summed E-state index contributed by atoms with van der Waals surface area (Å²) in [5, 5.41) is 5.56. The summed E-state index contributed by atoms with van der Waals surface area (Å²) in [5.41, 5.74) is 0.825. The molecule has 1 aromatic rings. The molecule has 1 aliphatic heterocycles. The number of nitrogens with one attached hydrogen (secondary N) is 2. The van der Waals surface area contributed by atoms with Crippen molar-refractivity contribution in [2.75, 3.05) is 20.2 Å². The molecule has 1 aliphatic rings. The second-order valence-corrected chi connectivity index (χ2v) is 3.83. The highest BCUT2D eigenvalue weighted by atomic mass is 16.5. The Hall–Kier alpha value is -2.30. The number of piperazine rings is 1. The van der Waals surface area contributed by atoms with E-state index in [4.69, 9.17) is 4.74 Å². The number of ketones is 1. The molecule has 1 heterocycles. The van der Waals surface area contributed by atoms with E-state index in [2.05, 4.69) is 10.6 Å². The molecule has 0 bridgehead atoms. The van der Waals surface area contributed by atoms with Gasteiger partial charge >= 0.3 is 0 Å². The van der Waals surface area contributed by atoms with Crippen LogP contribution in [-0.2, 0) is 4.79 Å². The molecule has 0 unspecified atom stereocenters. The van der Waals surface area contributed by atoms with E-state index in [1.807, 2.05) is 0 Å². The third kappa shape index (κ3) is 2.68. The molecule has 2 rings (SSSR count). The van der Waals surface area contributed by atoms with Gasteiger partial charge in [-0.3, -0.25) is 9.59 Å². The van der Waals surface area contributed by atoms with E-state index in [9.17, 15) is 9.59 Å². The van der Waals surface area contributed by atoms with Crippen molar-refractivity contribution in [3.63, 3.8) is 0 Å². The van der Waals surface area contributed by atoms with Gasteiger partial charge in [0.15, 0.2) is 5.78 Å². The molecule has 0 saturated carbocycles. The standard InChI is InChI=1S/C13H14N2O3/c1-18-10-4-2-9(3-5-10)12(16)8-11-13(17)15-7-6-14-11/h2-5,8,14H,6-7H2,1H3,(H,15,17)/b11-8+. The Balaban J connectivity index is 2.15. The van der Waals surface area contributed by atoms with Crippen LogP contribution < -0.4 is 15.4 Å². The molecule has 0 atom stereocenters. The summed E-state index contributed by atoms with van der Waals surface area (Å²) < 4.78 is 5.01. The van der Waals surface area contributed by atoms with Gasteiger partial charge in [-0.05, 0) is 24.3 Å². The first-order valence-corrected chi connectivity index (χ1v) is 5.63. The predicted molar refractivity (Wildman–Crippen MR) is 66.4 cm³/mol. The second-order valence-electron chi connectivity index (χ2n) is 3.83. The fourth-order valence-corrected chi connectivity index (χ4v) is 1.63. The van der Waals surface area contributed by atoms with Crippen LogP contribution in [0.2, 0.25) is 0 Å². The van der Waals surface area contributed by atoms with Crippen LogP contribution in [0.25, 0.3) is 0 Å². The number of hydrogen-bond donors (Lipinski definition) is 2. The van der Waals surface area contributed by atoms with Gasteiger partial charge in [-0.2, -0.15) is 0 Å². The van der Waals surface area contributed by atoms with E-state index in [1.54, 1.807) is 31.4 Å². The van der Waals surface area contributed by atoms with Crippen LogP contribution in [0.4, 0.5) is 0 Å². The zero-order chi connectivity index (χ0) is 13.0. The third-order valence-electron chi connectivity index (χ3n) is 2.62. The largest absolute Gasteiger partial charge is 0.497 e. The van der Waals surface area contributed by atoms with Gasteiger partial charge < -0.3 is 15.4 Å². The lowest BCUT2D eigenvalue weighted by molar-refractivity contribution is -0.118. The molecule has 0 aliphatic carbocycles. The van der Waals surface area contributed by atoms with E-state index >= 15 is 0 Å². The molecule has 1 saturated heterocycles. The average Bonchev–Trinajstić information content (AvgIpc) is 2.41. The van der Waals surface area contributed by atoms with Crippen molar-refractivity contribution in [3.05, 3.63) is 41.6 Å². The zero-order valence-corrected chi connectivity index (χ0v) is 10.0. The SMILES string of the molecule is COc1ccc(C(=O)/C=C2/NCCNC2=O)cc1. The number of rotatable bonds is 3. The Labute approximate surface area is 105 Å². The van der Waals surface area contributed by atoms with Crippen LogP contribution >= 0.6 is 0 Å². The minimum Gasteiger partial charge on any atom is -0.497 e.